The summed E-state index contributed by atoms with van der Waals surface area (Å²) in [4.78, 5) is 24.8. The van der Waals surface area contributed by atoms with Crippen LogP contribution >= 0.6 is 0 Å². The summed E-state index contributed by atoms with van der Waals surface area (Å²) in [5.74, 6) is -0.895. The smallest absolute Gasteiger partial charge is 0.339 e. The molecule has 1 saturated heterocycles. The highest BCUT2D eigenvalue weighted by Gasteiger charge is 2.34. The third-order valence-corrected chi connectivity index (χ3v) is 6.92. The van der Waals surface area contributed by atoms with Gasteiger partial charge in [-0.25, -0.2) is 13.2 Å². The van der Waals surface area contributed by atoms with Crippen LogP contribution < -0.4 is 5.32 Å². The number of piperidine rings is 1. The maximum absolute atomic E-state index is 13.1. The molecule has 1 atom stereocenters. The normalized spacial score (nSPS) is 17.5. The second-order valence-corrected chi connectivity index (χ2v) is 8.76. The number of nitrogens with zero attached hydrogens (tertiary/aromatic N) is 1. The van der Waals surface area contributed by atoms with Crippen molar-refractivity contribution in [2.24, 2.45) is 0 Å². The summed E-state index contributed by atoms with van der Waals surface area (Å²) < 4.78 is 32.3. The Morgan fingerprint density at radius 2 is 1.76 bits per heavy atom. The molecule has 7 nitrogen and oxygen atoms in total. The molecule has 1 heterocycles. The van der Waals surface area contributed by atoms with Crippen LogP contribution in [0.25, 0.3) is 0 Å². The van der Waals surface area contributed by atoms with E-state index in [9.17, 15) is 18.0 Å². The lowest BCUT2D eigenvalue weighted by molar-refractivity contribution is -0.117. The van der Waals surface area contributed by atoms with Crippen molar-refractivity contribution in [1.29, 1.82) is 0 Å². The lowest BCUT2D eigenvalue weighted by Crippen LogP contribution is -2.45. The van der Waals surface area contributed by atoms with Crippen molar-refractivity contribution < 1.29 is 22.7 Å². The number of hydrogen-bond donors (Lipinski definition) is 1. The van der Waals surface area contributed by atoms with Gasteiger partial charge < -0.3 is 10.1 Å². The zero-order valence-electron chi connectivity index (χ0n) is 16.2. The summed E-state index contributed by atoms with van der Waals surface area (Å²) in [6.07, 6.45) is 2.24. The molecule has 2 aromatic carbocycles. The molecule has 1 aliphatic rings. The molecular formula is C21H24N2O5S. The Labute approximate surface area is 170 Å². The Balaban J connectivity index is 1.76. The molecule has 2 aromatic rings. The number of methoxy groups -OCH3 is 1. The SMILES string of the molecule is COC(=O)c1ccccc1NC(=O)C[C@@H]1CCCCN1S(=O)(=O)c1ccccc1. The van der Waals surface area contributed by atoms with E-state index in [-0.39, 0.29) is 22.8 Å². The predicted octanol–water partition coefficient (Wildman–Crippen LogP) is 3.05. The summed E-state index contributed by atoms with van der Waals surface area (Å²) in [6, 6.07) is 14.4. The van der Waals surface area contributed by atoms with Crippen LogP contribution in [0.4, 0.5) is 5.69 Å². The number of carbonyl (C=O) groups excluding carboxylic acids is 2. The van der Waals surface area contributed by atoms with Crippen LogP contribution in [0, 0.1) is 0 Å². The molecule has 0 aliphatic carbocycles. The van der Waals surface area contributed by atoms with Gasteiger partial charge in [0.05, 0.1) is 23.3 Å². The van der Waals surface area contributed by atoms with Gasteiger partial charge in [0.25, 0.3) is 0 Å². The molecule has 1 N–H and O–H groups in total. The number of nitrogens with one attached hydrogen (secondary N) is 1. The van der Waals surface area contributed by atoms with Crippen LogP contribution in [0.1, 0.15) is 36.0 Å². The van der Waals surface area contributed by atoms with Crippen molar-refractivity contribution in [3.8, 4) is 0 Å². The molecular weight excluding hydrogens is 392 g/mol. The number of sulfonamides is 1. The number of amides is 1. The molecule has 0 spiro atoms. The number of esters is 1. The number of ether oxygens (including phenoxy) is 1. The number of hydrogen-bond acceptors (Lipinski definition) is 5. The van der Waals surface area contributed by atoms with Crippen LogP contribution in [0.5, 0.6) is 0 Å². The lowest BCUT2D eigenvalue weighted by atomic mass is 10.0. The third-order valence-electron chi connectivity index (χ3n) is 4.95. The topological polar surface area (TPSA) is 92.8 Å². The first-order valence-corrected chi connectivity index (χ1v) is 10.9. The Morgan fingerprint density at radius 3 is 2.48 bits per heavy atom. The van der Waals surface area contributed by atoms with E-state index in [1.807, 2.05) is 0 Å². The molecule has 1 aliphatic heterocycles. The fourth-order valence-corrected chi connectivity index (χ4v) is 5.23. The van der Waals surface area contributed by atoms with Gasteiger partial charge in [-0.15, -0.1) is 0 Å². The van der Waals surface area contributed by atoms with Crippen LogP contribution in [0.15, 0.2) is 59.5 Å². The summed E-state index contributed by atoms with van der Waals surface area (Å²) in [7, 11) is -2.40. The van der Waals surface area contributed by atoms with Crippen molar-refractivity contribution in [3.63, 3.8) is 0 Å². The third kappa shape index (κ3) is 4.83. The quantitative estimate of drug-likeness (QED) is 0.731. The van der Waals surface area contributed by atoms with Crippen molar-refractivity contribution in [1.82, 2.24) is 4.31 Å². The number of benzene rings is 2. The largest absolute Gasteiger partial charge is 0.465 e. The first-order valence-electron chi connectivity index (χ1n) is 9.47. The zero-order chi connectivity index (χ0) is 20.9. The minimum atomic E-state index is -3.68. The second-order valence-electron chi connectivity index (χ2n) is 6.87. The van der Waals surface area contributed by atoms with Gasteiger partial charge in [-0.1, -0.05) is 36.8 Å². The molecule has 0 aromatic heterocycles. The van der Waals surface area contributed by atoms with Gasteiger partial charge in [-0.3, -0.25) is 4.79 Å². The van der Waals surface area contributed by atoms with E-state index in [1.165, 1.54) is 11.4 Å². The van der Waals surface area contributed by atoms with Crippen LogP contribution in [0.3, 0.4) is 0 Å². The van der Waals surface area contributed by atoms with Crippen molar-refractivity contribution in [2.75, 3.05) is 19.0 Å². The van der Waals surface area contributed by atoms with E-state index in [2.05, 4.69) is 5.32 Å². The number of para-hydroxylation sites is 1. The van der Waals surface area contributed by atoms with Gasteiger partial charge >= 0.3 is 5.97 Å². The highest BCUT2D eigenvalue weighted by atomic mass is 32.2. The van der Waals surface area contributed by atoms with Gasteiger partial charge in [0.1, 0.15) is 0 Å². The molecule has 3 rings (SSSR count). The van der Waals surface area contributed by atoms with Crippen molar-refractivity contribution in [3.05, 3.63) is 60.2 Å². The fourth-order valence-electron chi connectivity index (χ4n) is 3.52. The summed E-state index contributed by atoms with van der Waals surface area (Å²) in [5, 5.41) is 2.72. The van der Waals surface area contributed by atoms with Crippen molar-refractivity contribution in [2.45, 2.75) is 36.6 Å². The molecule has 0 radical (unpaired) electrons. The molecule has 0 bridgehead atoms. The van der Waals surface area contributed by atoms with E-state index in [1.54, 1.807) is 54.6 Å². The second kappa shape index (κ2) is 9.19. The Kier molecular flexibility index (Phi) is 6.66. The van der Waals surface area contributed by atoms with Crippen molar-refractivity contribution >= 4 is 27.6 Å². The maximum Gasteiger partial charge on any atom is 0.339 e. The van der Waals surface area contributed by atoms with E-state index >= 15 is 0 Å². The fraction of sp³-hybridized carbons (Fsp3) is 0.333. The highest BCUT2D eigenvalue weighted by Crippen LogP contribution is 2.27. The van der Waals surface area contributed by atoms with Gasteiger partial charge in [0.2, 0.25) is 15.9 Å². The molecule has 1 amide bonds. The molecule has 0 saturated carbocycles. The van der Waals surface area contributed by atoms with E-state index in [0.717, 1.165) is 12.8 Å². The average Bonchev–Trinajstić information content (AvgIpc) is 2.74. The standard InChI is InChI=1S/C21H24N2O5S/c1-28-21(25)18-12-5-6-13-19(18)22-20(24)15-16-9-7-8-14-23(16)29(26,27)17-10-3-2-4-11-17/h2-6,10-13,16H,7-9,14-15H2,1H3,(H,22,24)/t16-/m0/s1. The van der Waals surface area contributed by atoms with E-state index in [0.29, 0.717) is 18.7 Å². The highest BCUT2D eigenvalue weighted by molar-refractivity contribution is 7.89. The number of anilines is 1. The number of rotatable bonds is 6. The summed E-state index contributed by atoms with van der Waals surface area (Å²) in [5.41, 5.74) is 0.596. The average molecular weight is 416 g/mol. The Morgan fingerprint density at radius 1 is 1.07 bits per heavy atom. The molecule has 8 heteroatoms. The molecule has 29 heavy (non-hydrogen) atoms. The Hall–Kier alpha value is -2.71. The first kappa shape index (κ1) is 21.0. The molecule has 0 unspecified atom stereocenters. The minimum Gasteiger partial charge on any atom is -0.465 e. The van der Waals surface area contributed by atoms with Crippen LogP contribution in [0.2, 0.25) is 0 Å². The van der Waals surface area contributed by atoms with Crippen LogP contribution in [-0.4, -0.2) is 44.3 Å². The van der Waals surface area contributed by atoms with Gasteiger partial charge in [-0.05, 0) is 37.1 Å². The minimum absolute atomic E-state index is 0.0154. The lowest BCUT2D eigenvalue weighted by Gasteiger charge is -2.34. The molecule has 154 valence electrons. The maximum atomic E-state index is 13.1. The van der Waals surface area contributed by atoms with Gasteiger partial charge in [-0.2, -0.15) is 4.31 Å². The van der Waals surface area contributed by atoms with E-state index in [4.69, 9.17) is 4.74 Å². The Bertz CT molecular complexity index is 976. The molecule has 1 fully saturated rings. The monoisotopic (exact) mass is 416 g/mol. The summed E-state index contributed by atoms with van der Waals surface area (Å²) >= 11 is 0. The predicted molar refractivity (Wildman–Crippen MR) is 109 cm³/mol. The van der Waals surface area contributed by atoms with Gasteiger partial charge in [0.15, 0.2) is 0 Å². The van der Waals surface area contributed by atoms with Crippen LogP contribution in [-0.2, 0) is 19.6 Å². The summed E-state index contributed by atoms with van der Waals surface area (Å²) in [6.45, 7) is 0.383. The first-order chi connectivity index (χ1) is 13.9. The van der Waals surface area contributed by atoms with E-state index < -0.39 is 22.0 Å². The number of carbonyl (C=O) groups is 2. The zero-order valence-corrected chi connectivity index (χ0v) is 17.0. The van der Waals surface area contributed by atoms with Gasteiger partial charge in [0, 0.05) is 19.0 Å².